The second-order valence-electron chi connectivity index (χ2n) is 5.88. The summed E-state index contributed by atoms with van der Waals surface area (Å²) in [4.78, 5) is 14.9. The minimum Gasteiger partial charge on any atom is -0.481 e. The maximum Gasteiger partial charge on any atom is 0.303 e. The molecule has 0 fully saturated rings. The van der Waals surface area contributed by atoms with E-state index in [9.17, 15) is 4.79 Å². The summed E-state index contributed by atoms with van der Waals surface area (Å²) in [7, 11) is -1.49. The van der Waals surface area contributed by atoms with Crippen LogP contribution in [-0.2, 0) is 4.79 Å². The van der Waals surface area contributed by atoms with Gasteiger partial charge in [-0.3, -0.25) is 4.79 Å². The topological polar surface area (TPSA) is 37.3 Å². The van der Waals surface area contributed by atoms with Crippen LogP contribution >= 0.6 is 10.0 Å². The molecule has 1 N–H and O–H groups in total. The summed E-state index contributed by atoms with van der Waals surface area (Å²) in [6.45, 7) is 0. The van der Waals surface area contributed by atoms with Crippen molar-refractivity contribution in [3.63, 3.8) is 0 Å². The Morgan fingerprint density at radius 2 is 1.04 bits per heavy atom. The fraction of sp³-hybridized carbons (Fsp3) is 0.136. The van der Waals surface area contributed by atoms with Crippen molar-refractivity contribution in [2.45, 2.75) is 27.5 Å². The Labute approximate surface area is 150 Å². The highest BCUT2D eigenvalue weighted by atomic mass is 32.3. The molecule has 0 unspecified atom stereocenters. The van der Waals surface area contributed by atoms with Gasteiger partial charge in [0, 0.05) is 6.42 Å². The van der Waals surface area contributed by atoms with Gasteiger partial charge in [-0.25, -0.2) is 0 Å². The monoisotopic (exact) mass is 350 g/mol. The average molecular weight is 350 g/mol. The van der Waals surface area contributed by atoms with Crippen LogP contribution in [0.2, 0.25) is 0 Å². The highest BCUT2D eigenvalue weighted by Gasteiger charge is 2.30. The molecular formula is C22H22O2S. The molecule has 0 spiro atoms. The molecule has 0 radical (unpaired) electrons. The lowest BCUT2D eigenvalue weighted by molar-refractivity contribution is -0.137. The van der Waals surface area contributed by atoms with Gasteiger partial charge in [-0.05, 0) is 63.3 Å². The largest absolute Gasteiger partial charge is 0.481 e. The smallest absolute Gasteiger partial charge is 0.303 e. The number of aliphatic carboxylic acids is 1. The SMILES string of the molecule is O=C(O)CCCS(c1ccccc1)(c1ccccc1)c1ccccc1. The molecule has 3 aromatic carbocycles. The molecule has 25 heavy (non-hydrogen) atoms. The van der Waals surface area contributed by atoms with Crippen molar-refractivity contribution in [2.24, 2.45) is 0 Å². The number of hydrogen-bond donors (Lipinski definition) is 1. The first-order chi connectivity index (χ1) is 12.2. The standard InChI is InChI=1S/C22H22O2S/c23-22(24)17-10-18-25(19-11-4-1-5-12-19,20-13-6-2-7-14-20)21-15-8-3-9-16-21/h1-9,11-16H,10,17-18H2,(H,23,24). The van der Waals surface area contributed by atoms with Crippen molar-refractivity contribution < 1.29 is 9.90 Å². The molecule has 2 nitrogen and oxygen atoms in total. The molecule has 0 atom stereocenters. The molecule has 0 saturated carbocycles. The summed E-state index contributed by atoms with van der Waals surface area (Å²) in [6.07, 6.45) is 0.852. The van der Waals surface area contributed by atoms with E-state index in [1.165, 1.54) is 14.7 Å². The molecule has 3 heteroatoms. The van der Waals surface area contributed by atoms with Gasteiger partial charge >= 0.3 is 5.97 Å². The summed E-state index contributed by atoms with van der Waals surface area (Å²) >= 11 is 0. The lowest BCUT2D eigenvalue weighted by atomic mass is 10.3. The molecule has 128 valence electrons. The van der Waals surface area contributed by atoms with Crippen molar-refractivity contribution in [2.75, 3.05) is 5.75 Å². The molecular weight excluding hydrogens is 328 g/mol. The van der Waals surface area contributed by atoms with E-state index >= 15 is 0 Å². The minimum atomic E-state index is -1.49. The van der Waals surface area contributed by atoms with E-state index in [0.717, 1.165) is 5.75 Å². The molecule has 3 aromatic rings. The summed E-state index contributed by atoms with van der Waals surface area (Å²) in [5.41, 5.74) is 0. The number of carboxylic acids is 1. The molecule has 3 rings (SSSR count). The number of carboxylic acid groups (broad SMARTS) is 1. The summed E-state index contributed by atoms with van der Waals surface area (Å²) in [6, 6.07) is 31.6. The maximum absolute atomic E-state index is 11.1. The van der Waals surface area contributed by atoms with Crippen LogP contribution in [0, 0.1) is 0 Å². The number of benzene rings is 3. The summed E-state index contributed by atoms with van der Waals surface area (Å²) in [5, 5.41) is 9.13. The third-order valence-electron chi connectivity index (χ3n) is 4.28. The van der Waals surface area contributed by atoms with Gasteiger partial charge in [0.2, 0.25) is 0 Å². The van der Waals surface area contributed by atoms with Gasteiger partial charge in [0.05, 0.1) is 0 Å². The molecule has 0 aliphatic rings. The Morgan fingerprint density at radius 1 is 0.680 bits per heavy atom. The number of hydrogen-bond acceptors (Lipinski definition) is 1. The second kappa shape index (κ2) is 8.04. The van der Waals surface area contributed by atoms with Crippen LogP contribution in [0.4, 0.5) is 0 Å². The van der Waals surface area contributed by atoms with Crippen LogP contribution in [0.3, 0.4) is 0 Å². The summed E-state index contributed by atoms with van der Waals surface area (Å²) in [5.74, 6) is 0.0969. The van der Waals surface area contributed by atoms with Crippen LogP contribution in [-0.4, -0.2) is 16.8 Å². The zero-order chi connectivity index (χ0) is 17.5. The van der Waals surface area contributed by atoms with E-state index in [-0.39, 0.29) is 6.42 Å². The van der Waals surface area contributed by atoms with Crippen LogP contribution in [0.25, 0.3) is 0 Å². The van der Waals surface area contributed by atoms with Crippen LogP contribution in [0.5, 0.6) is 0 Å². The van der Waals surface area contributed by atoms with E-state index in [4.69, 9.17) is 5.11 Å². The number of carbonyl (C=O) groups is 1. The Kier molecular flexibility index (Phi) is 5.56. The quantitative estimate of drug-likeness (QED) is 0.582. The van der Waals surface area contributed by atoms with Gasteiger partial charge in [-0.15, -0.1) is 0 Å². The lowest BCUT2D eigenvalue weighted by Gasteiger charge is -2.41. The van der Waals surface area contributed by atoms with Gasteiger partial charge < -0.3 is 5.11 Å². The first-order valence-corrected chi connectivity index (χ1v) is 10.2. The van der Waals surface area contributed by atoms with Crippen molar-refractivity contribution >= 4 is 16.0 Å². The van der Waals surface area contributed by atoms with E-state index in [1.807, 2.05) is 18.2 Å². The third-order valence-corrected chi connectivity index (χ3v) is 8.41. The second-order valence-corrected chi connectivity index (χ2v) is 9.18. The fourth-order valence-electron chi connectivity index (χ4n) is 3.16. The van der Waals surface area contributed by atoms with Gasteiger partial charge in [0.25, 0.3) is 0 Å². The van der Waals surface area contributed by atoms with E-state index in [2.05, 4.69) is 72.8 Å². The maximum atomic E-state index is 11.1. The van der Waals surface area contributed by atoms with Crippen molar-refractivity contribution in [3.8, 4) is 0 Å². The minimum absolute atomic E-state index is 0.196. The fourth-order valence-corrected chi connectivity index (χ4v) is 7.13. The Morgan fingerprint density at radius 3 is 1.36 bits per heavy atom. The van der Waals surface area contributed by atoms with Crippen molar-refractivity contribution in [1.29, 1.82) is 0 Å². The molecule has 0 amide bonds. The summed E-state index contributed by atoms with van der Waals surface area (Å²) < 4.78 is 0. The Balaban J connectivity index is 2.18. The van der Waals surface area contributed by atoms with Gasteiger partial charge in [-0.2, -0.15) is 10.0 Å². The highest BCUT2D eigenvalue weighted by molar-refractivity contribution is 8.33. The Bertz CT molecular complexity index is 705. The van der Waals surface area contributed by atoms with Gasteiger partial charge in [0.1, 0.15) is 0 Å². The van der Waals surface area contributed by atoms with Crippen LogP contribution in [0.15, 0.2) is 106 Å². The van der Waals surface area contributed by atoms with E-state index < -0.39 is 16.0 Å². The normalized spacial score (nSPS) is 11.8. The molecule has 0 saturated heterocycles. The third kappa shape index (κ3) is 3.77. The molecule has 0 aromatic heterocycles. The molecule has 0 aliphatic carbocycles. The van der Waals surface area contributed by atoms with Crippen LogP contribution in [0.1, 0.15) is 12.8 Å². The molecule has 0 bridgehead atoms. The van der Waals surface area contributed by atoms with Gasteiger partial charge in [-0.1, -0.05) is 54.6 Å². The molecule has 0 heterocycles. The van der Waals surface area contributed by atoms with E-state index in [0.29, 0.717) is 6.42 Å². The predicted molar refractivity (Wildman–Crippen MR) is 103 cm³/mol. The lowest BCUT2D eigenvalue weighted by Crippen LogP contribution is -2.10. The predicted octanol–water partition coefficient (Wildman–Crippen LogP) is 5.83. The zero-order valence-electron chi connectivity index (χ0n) is 14.0. The highest BCUT2D eigenvalue weighted by Crippen LogP contribution is 2.68. The van der Waals surface area contributed by atoms with Crippen molar-refractivity contribution in [3.05, 3.63) is 91.0 Å². The average Bonchev–Trinajstić information content (AvgIpc) is 2.67. The van der Waals surface area contributed by atoms with E-state index in [1.54, 1.807) is 0 Å². The first-order valence-electron chi connectivity index (χ1n) is 8.41. The van der Waals surface area contributed by atoms with Crippen LogP contribution < -0.4 is 0 Å². The Hall–Kier alpha value is -2.52. The zero-order valence-corrected chi connectivity index (χ0v) is 14.9. The number of rotatable bonds is 7. The molecule has 0 aliphatic heterocycles. The van der Waals surface area contributed by atoms with Crippen molar-refractivity contribution in [1.82, 2.24) is 0 Å². The first kappa shape index (κ1) is 17.3. The van der Waals surface area contributed by atoms with Gasteiger partial charge in [0.15, 0.2) is 0 Å².